The van der Waals surface area contributed by atoms with E-state index in [-0.39, 0.29) is 17.8 Å². The number of hydrogen-bond acceptors (Lipinski definition) is 3. The molecule has 79 valence electrons. The fourth-order valence-electron chi connectivity index (χ4n) is 0.979. The van der Waals surface area contributed by atoms with Crippen LogP contribution in [0.5, 0.6) is 0 Å². The third-order valence-electron chi connectivity index (χ3n) is 1.94. The molecule has 0 N–H and O–H groups in total. The monoisotopic (exact) mass is 393 g/mol. The van der Waals surface area contributed by atoms with Crippen LogP contribution in [-0.2, 0) is 12.2 Å². The van der Waals surface area contributed by atoms with Crippen molar-refractivity contribution in [3.05, 3.63) is 11.8 Å². The number of ether oxygens (including phenoxy) is 1. The molecule has 0 rings (SSSR count). The van der Waals surface area contributed by atoms with Gasteiger partial charge in [0.25, 0.3) is 0 Å². The Bertz CT molecular complexity index is 207. The van der Waals surface area contributed by atoms with Crippen molar-refractivity contribution in [3.8, 4) is 0 Å². The summed E-state index contributed by atoms with van der Waals surface area (Å²) in [4.78, 5) is 11.5. The SMILES string of the molecule is CCC(OC)C(=CC(=O)C(C)C)[O][Pb]. The molecule has 0 aromatic rings. The van der Waals surface area contributed by atoms with E-state index in [2.05, 4.69) is 0 Å². The van der Waals surface area contributed by atoms with Gasteiger partial charge < -0.3 is 0 Å². The normalized spacial score (nSPS) is 14.3. The molecule has 0 saturated carbocycles. The van der Waals surface area contributed by atoms with E-state index < -0.39 is 0 Å². The predicted molar refractivity (Wildman–Crippen MR) is 55.9 cm³/mol. The molecule has 0 aromatic carbocycles. The van der Waals surface area contributed by atoms with Crippen LogP contribution in [0.4, 0.5) is 0 Å². The molecule has 0 fully saturated rings. The van der Waals surface area contributed by atoms with Gasteiger partial charge in [0.1, 0.15) is 0 Å². The van der Waals surface area contributed by atoms with E-state index in [0.717, 1.165) is 6.42 Å². The molecular weight excluding hydrogens is 375 g/mol. The van der Waals surface area contributed by atoms with Gasteiger partial charge >= 0.3 is 102 Å². The summed E-state index contributed by atoms with van der Waals surface area (Å²) in [5.74, 6) is 0.767. The third kappa shape index (κ3) is 4.55. The summed E-state index contributed by atoms with van der Waals surface area (Å²) in [5.41, 5.74) is 0. The molecule has 14 heavy (non-hydrogen) atoms. The van der Waals surface area contributed by atoms with E-state index in [0.29, 0.717) is 32.0 Å². The van der Waals surface area contributed by atoms with E-state index in [4.69, 9.17) is 7.42 Å². The second-order valence-corrected chi connectivity index (χ2v) is 4.13. The zero-order valence-corrected chi connectivity index (χ0v) is 13.1. The van der Waals surface area contributed by atoms with Gasteiger partial charge in [0.15, 0.2) is 0 Å². The van der Waals surface area contributed by atoms with Crippen LogP contribution in [-0.4, -0.2) is 45.2 Å². The van der Waals surface area contributed by atoms with Gasteiger partial charge in [-0.3, -0.25) is 0 Å². The number of rotatable bonds is 6. The van der Waals surface area contributed by atoms with Crippen LogP contribution in [0.3, 0.4) is 0 Å². The van der Waals surface area contributed by atoms with Gasteiger partial charge in [-0.1, -0.05) is 0 Å². The Hall–Kier alpha value is 0.0921. The van der Waals surface area contributed by atoms with Gasteiger partial charge in [-0.2, -0.15) is 0 Å². The van der Waals surface area contributed by atoms with Gasteiger partial charge in [-0.05, 0) is 0 Å². The summed E-state index contributed by atoms with van der Waals surface area (Å²) >= 11 is 0.580. The van der Waals surface area contributed by atoms with E-state index in [9.17, 15) is 4.79 Å². The van der Waals surface area contributed by atoms with Crippen molar-refractivity contribution >= 4 is 32.0 Å². The second-order valence-electron chi connectivity index (χ2n) is 3.34. The molecule has 1 unspecified atom stereocenters. The molecule has 0 heterocycles. The Balaban J connectivity index is 4.60. The maximum atomic E-state index is 11.5. The molecule has 0 aliphatic heterocycles. The minimum absolute atomic E-state index is 0.0104. The summed E-state index contributed by atoms with van der Waals surface area (Å²) in [6, 6.07) is 0. The van der Waals surface area contributed by atoms with Crippen molar-refractivity contribution in [3.63, 3.8) is 0 Å². The first-order valence-corrected chi connectivity index (χ1v) is 6.27. The molecule has 3 radical (unpaired) electrons. The van der Waals surface area contributed by atoms with Crippen LogP contribution in [0.1, 0.15) is 27.2 Å². The summed E-state index contributed by atoms with van der Waals surface area (Å²) in [6.07, 6.45) is 2.29. The molecule has 0 aromatic heterocycles. The Morgan fingerprint density at radius 2 is 2.07 bits per heavy atom. The van der Waals surface area contributed by atoms with Crippen molar-refractivity contribution in [2.45, 2.75) is 33.3 Å². The molecular formula is C10H17O3Pb. The molecule has 0 spiro atoms. The van der Waals surface area contributed by atoms with Crippen molar-refractivity contribution in [1.29, 1.82) is 0 Å². The van der Waals surface area contributed by atoms with Crippen LogP contribution in [0.25, 0.3) is 0 Å². The van der Waals surface area contributed by atoms with Gasteiger partial charge in [-0.25, -0.2) is 0 Å². The standard InChI is InChI=1S/C10H18O3.Pb/c1-5-10(13-4)9(12)6-8(11)7(2)3;/h6-7,10,12H,5H2,1-4H3;/q;+1/p-1. The Labute approximate surface area is 102 Å². The summed E-state index contributed by atoms with van der Waals surface area (Å²) < 4.78 is 10.5. The van der Waals surface area contributed by atoms with Gasteiger partial charge in [0, 0.05) is 0 Å². The first-order chi connectivity index (χ1) is 6.56. The Morgan fingerprint density at radius 3 is 2.36 bits per heavy atom. The molecule has 0 amide bonds. The number of methoxy groups -OCH3 is 1. The van der Waals surface area contributed by atoms with Crippen LogP contribution < -0.4 is 0 Å². The zero-order valence-electron chi connectivity index (χ0n) is 9.16. The Morgan fingerprint density at radius 1 is 1.50 bits per heavy atom. The van der Waals surface area contributed by atoms with Crippen LogP contribution in [0, 0.1) is 5.92 Å². The molecule has 0 aliphatic carbocycles. The van der Waals surface area contributed by atoms with E-state index in [1.807, 2.05) is 20.8 Å². The van der Waals surface area contributed by atoms with Crippen molar-refractivity contribution in [1.82, 2.24) is 0 Å². The molecule has 3 nitrogen and oxygen atoms in total. The number of allylic oxidation sites excluding steroid dienone is 1. The van der Waals surface area contributed by atoms with E-state index >= 15 is 0 Å². The molecule has 4 heteroatoms. The molecule has 0 bridgehead atoms. The van der Waals surface area contributed by atoms with Gasteiger partial charge in [0.05, 0.1) is 0 Å². The second kappa shape index (κ2) is 7.39. The first kappa shape index (κ1) is 14.1. The van der Waals surface area contributed by atoms with Crippen LogP contribution in [0.2, 0.25) is 0 Å². The third-order valence-corrected chi connectivity index (χ3v) is 2.86. The number of carbonyl (C=O) groups excluding carboxylic acids is 1. The summed E-state index contributed by atoms with van der Waals surface area (Å²) in [7, 11) is 1.63. The van der Waals surface area contributed by atoms with Gasteiger partial charge in [0.2, 0.25) is 0 Å². The van der Waals surface area contributed by atoms with E-state index in [1.165, 1.54) is 0 Å². The number of ketones is 1. The summed E-state index contributed by atoms with van der Waals surface area (Å²) in [5, 5.41) is 0. The van der Waals surface area contributed by atoms with Crippen molar-refractivity contribution in [2.75, 3.05) is 7.11 Å². The molecule has 0 aliphatic rings. The van der Waals surface area contributed by atoms with Crippen LogP contribution in [0.15, 0.2) is 11.8 Å². The first-order valence-electron chi connectivity index (χ1n) is 4.68. The topological polar surface area (TPSA) is 35.5 Å². The van der Waals surface area contributed by atoms with Crippen LogP contribution >= 0.6 is 0 Å². The molecule has 1 atom stereocenters. The van der Waals surface area contributed by atoms with E-state index in [1.54, 1.807) is 13.2 Å². The predicted octanol–water partition coefficient (Wildman–Crippen LogP) is 1.62. The average molecular weight is 392 g/mol. The van der Waals surface area contributed by atoms with Crippen molar-refractivity contribution in [2.24, 2.45) is 5.92 Å². The molecule has 0 saturated heterocycles. The number of carbonyl (C=O) groups is 1. The van der Waals surface area contributed by atoms with Gasteiger partial charge in [-0.15, -0.1) is 0 Å². The summed E-state index contributed by atoms with van der Waals surface area (Å²) in [6.45, 7) is 5.75. The van der Waals surface area contributed by atoms with Crippen molar-refractivity contribution < 1.29 is 12.2 Å². The fourth-order valence-corrected chi connectivity index (χ4v) is 1.72. The Kier molecular flexibility index (Phi) is 7.44. The fraction of sp³-hybridized carbons (Fsp3) is 0.700. The zero-order chi connectivity index (χ0) is 11.1. The minimum atomic E-state index is -0.0878. The average Bonchev–Trinajstić information content (AvgIpc) is 2.17. The quantitative estimate of drug-likeness (QED) is 0.392. The number of hydrogen-bond donors (Lipinski definition) is 0. The maximum absolute atomic E-state index is 11.5.